The fraction of sp³-hybridized carbons (Fsp3) is 0.150. The fourth-order valence-electron chi connectivity index (χ4n) is 3.08. The number of halogens is 1. The molecule has 0 atom stereocenters. The number of anilines is 3. The summed E-state index contributed by atoms with van der Waals surface area (Å²) in [6.45, 7) is 0.657. The summed E-state index contributed by atoms with van der Waals surface area (Å²) in [5, 5.41) is 3.60. The number of aromatic nitrogens is 2. The molecule has 27 heavy (non-hydrogen) atoms. The van der Waals surface area contributed by atoms with Crippen molar-refractivity contribution in [3.05, 3.63) is 71.1 Å². The van der Waals surface area contributed by atoms with Crippen LogP contribution in [0.25, 0.3) is 0 Å². The molecule has 0 unspecified atom stereocenters. The van der Waals surface area contributed by atoms with Gasteiger partial charge in [0.05, 0.1) is 24.5 Å². The van der Waals surface area contributed by atoms with Crippen LogP contribution in [-0.2, 0) is 6.42 Å². The zero-order chi connectivity index (χ0) is 18.8. The quantitative estimate of drug-likeness (QED) is 0.738. The molecule has 6 nitrogen and oxygen atoms in total. The minimum absolute atomic E-state index is 0.147. The number of benzene rings is 2. The third-order valence-corrected chi connectivity index (χ3v) is 4.72. The van der Waals surface area contributed by atoms with E-state index in [1.54, 1.807) is 24.1 Å². The maximum absolute atomic E-state index is 12.8. The summed E-state index contributed by atoms with van der Waals surface area (Å²) in [6.07, 6.45) is 3.87. The van der Waals surface area contributed by atoms with E-state index in [1.165, 1.54) is 18.0 Å². The van der Waals surface area contributed by atoms with Crippen molar-refractivity contribution in [1.29, 1.82) is 0 Å². The average Bonchev–Trinajstić information content (AvgIpc) is 3.12. The first kappa shape index (κ1) is 17.3. The van der Waals surface area contributed by atoms with E-state index >= 15 is 0 Å². The lowest BCUT2D eigenvalue weighted by atomic mass is 10.2. The minimum atomic E-state index is -0.147. The van der Waals surface area contributed by atoms with E-state index in [9.17, 15) is 4.79 Å². The van der Waals surface area contributed by atoms with Gasteiger partial charge in [-0.15, -0.1) is 0 Å². The van der Waals surface area contributed by atoms with Crippen molar-refractivity contribution in [3.63, 3.8) is 0 Å². The van der Waals surface area contributed by atoms with Gasteiger partial charge in [-0.25, -0.2) is 9.97 Å². The van der Waals surface area contributed by atoms with Gasteiger partial charge in [0.15, 0.2) is 0 Å². The van der Waals surface area contributed by atoms with Crippen LogP contribution < -0.4 is 15.0 Å². The molecule has 1 aromatic heterocycles. The normalized spacial score (nSPS) is 12.6. The lowest BCUT2D eigenvalue weighted by molar-refractivity contribution is 0.0984. The Labute approximate surface area is 161 Å². The number of carbonyl (C=O) groups excluding carboxylic acids is 1. The zero-order valence-electron chi connectivity index (χ0n) is 14.6. The highest BCUT2D eigenvalue weighted by atomic mass is 35.5. The van der Waals surface area contributed by atoms with Gasteiger partial charge in [-0.05, 0) is 36.2 Å². The van der Waals surface area contributed by atoms with Gasteiger partial charge in [0.25, 0.3) is 5.91 Å². The van der Waals surface area contributed by atoms with Crippen LogP contribution in [0.5, 0.6) is 5.75 Å². The first-order chi connectivity index (χ1) is 13.2. The van der Waals surface area contributed by atoms with Gasteiger partial charge < -0.3 is 15.0 Å². The molecule has 136 valence electrons. The number of methoxy groups -OCH3 is 1. The van der Waals surface area contributed by atoms with Crippen molar-refractivity contribution >= 4 is 34.7 Å². The molecule has 7 heteroatoms. The van der Waals surface area contributed by atoms with Crippen molar-refractivity contribution in [3.8, 4) is 5.75 Å². The number of ether oxygens (including phenoxy) is 1. The molecular formula is C20H17ClN4O2. The number of fused-ring (bicyclic) bond motifs is 1. The van der Waals surface area contributed by atoms with E-state index in [0.29, 0.717) is 28.8 Å². The summed E-state index contributed by atoms with van der Waals surface area (Å²) in [5.41, 5.74) is 3.18. The Hall–Kier alpha value is -3.12. The third kappa shape index (κ3) is 3.44. The van der Waals surface area contributed by atoms with Crippen LogP contribution in [0.15, 0.2) is 54.9 Å². The number of nitrogens with one attached hydrogen (secondary N) is 1. The third-order valence-electron chi connectivity index (χ3n) is 4.43. The smallest absolute Gasteiger partial charge is 0.278 e. The molecule has 1 N–H and O–H groups in total. The van der Waals surface area contributed by atoms with E-state index < -0.39 is 0 Å². The molecular weight excluding hydrogens is 364 g/mol. The summed E-state index contributed by atoms with van der Waals surface area (Å²) < 4.78 is 5.14. The molecule has 1 aliphatic heterocycles. The molecule has 1 aliphatic rings. The van der Waals surface area contributed by atoms with Crippen LogP contribution >= 0.6 is 11.6 Å². The van der Waals surface area contributed by atoms with Crippen molar-refractivity contribution in [2.24, 2.45) is 0 Å². The summed E-state index contributed by atoms with van der Waals surface area (Å²) in [7, 11) is 1.56. The Morgan fingerprint density at radius 2 is 2.04 bits per heavy atom. The monoisotopic (exact) mass is 380 g/mol. The predicted molar refractivity (Wildman–Crippen MR) is 105 cm³/mol. The maximum Gasteiger partial charge on any atom is 0.278 e. The van der Waals surface area contributed by atoms with Gasteiger partial charge in [-0.3, -0.25) is 4.79 Å². The first-order valence-electron chi connectivity index (χ1n) is 8.48. The van der Waals surface area contributed by atoms with Crippen molar-refractivity contribution in [2.45, 2.75) is 6.42 Å². The lowest BCUT2D eigenvalue weighted by Crippen LogP contribution is -2.29. The maximum atomic E-state index is 12.8. The van der Waals surface area contributed by atoms with E-state index in [2.05, 4.69) is 15.3 Å². The Morgan fingerprint density at radius 3 is 2.78 bits per heavy atom. The number of nitrogens with zero attached hydrogens (tertiary/aromatic N) is 3. The Bertz CT molecular complexity index is 992. The molecule has 0 bridgehead atoms. The van der Waals surface area contributed by atoms with Gasteiger partial charge in [0.1, 0.15) is 17.3 Å². The Balaban J connectivity index is 1.49. The van der Waals surface area contributed by atoms with Crippen LogP contribution in [0.4, 0.5) is 17.2 Å². The summed E-state index contributed by atoms with van der Waals surface area (Å²) in [6, 6.07) is 13.2. The largest absolute Gasteiger partial charge is 0.495 e. The minimum Gasteiger partial charge on any atom is -0.495 e. The highest BCUT2D eigenvalue weighted by molar-refractivity contribution is 6.32. The van der Waals surface area contributed by atoms with Gasteiger partial charge in [-0.1, -0.05) is 29.8 Å². The second-order valence-corrected chi connectivity index (χ2v) is 6.50. The summed E-state index contributed by atoms with van der Waals surface area (Å²) in [5.74, 6) is 0.973. The molecule has 0 saturated heterocycles. The molecule has 0 radical (unpaired) electrons. The van der Waals surface area contributed by atoms with Crippen molar-refractivity contribution in [2.75, 3.05) is 23.9 Å². The molecule has 1 amide bonds. The van der Waals surface area contributed by atoms with Crippen molar-refractivity contribution in [1.82, 2.24) is 9.97 Å². The zero-order valence-corrected chi connectivity index (χ0v) is 15.4. The molecule has 0 fully saturated rings. The Kier molecular flexibility index (Phi) is 4.64. The number of carbonyl (C=O) groups is 1. The standard InChI is InChI=1S/C20H17ClN4O2/c1-27-18-7-6-14(10-15(18)21)24-19-12-22-16(11-23-19)20(26)25-9-8-13-4-2-3-5-17(13)25/h2-7,10-12H,8-9H2,1H3,(H,23,24). The van der Waals surface area contributed by atoms with Gasteiger partial charge >= 0.3 is 0 Å². The van der Waals surface area contributed by atoms with Crippen LogP contribution in [0, 0.1) is 0 Å². The second-order valence-electron chi connectivity index (χ2n) is 6.10. The number of rotatable bonds is 4. The summed E-state index contributed by atoms with van der Waals surface area (Å²) in [4.78, 5) is 23.1. The van der Waals surface area contributed by atoms with E-state index in [4.69, 9.17) is 16.3 Å². The molecule has 4 rings (SSSR count). The molecule has 2 heterocycles. The van der Waals surface area contributed by atoms with E-state index in [-0.39, 0.29) is 5.91 Å². The summed E-state index contributed by atoms with van der Waals surface area (Å²) >= 11 is 6.13. The first-order valence-corrected chi connectivity index (χ1v) is 8.86. The number of amides is 1. The SMILES string of the molecule is COc1ccc(Nc2cnc(C(=O)N3CCc4ccccc43)cn2)cc1Cl. The van der Waals surface area contributed by atoms with Crippen LogP contribution in [0.2, 0.25) is 5.02 Å². The topological polar surface area (TPSA) is 67.3 Å². The fourth-order valence-corrected chi connectivity index (χ4v) is 3.34. The lowest BCUT2D eigenvalue weighted by Gasteiger charge is -2.16. The van der Waals surface area contributed by atoms with Gasteiger partial charge in [0, 0.05) is 17.9 Å². The Morgan fingerprint density at radius 1 is 1.19 bits per heavy atom. The van der Waals surface area contributed by atoms with Gasteiger partial charge in [-0.2, -0.15) is 0 Å². The van der Waals surface area contributed by atoms with E-state index in [0.717, 1.165) is 17.8 Å². The molecule has 0 spiro atoms. The number of hydrogen-bond donors (Lipinski definition) is 1. The van der Waals surface area contributed by atoms with Crippen LogP contribution in [-0.4, -0.2) is 29.5 Å². The second kappa shape index (κ2) is 7.25. The molecule has 0 saturated carbocycles. The molecule has 0 aliphatic carbocycles. The highest BCUT2D eigenvalue weighted by Gasteiger charge is 2.26. The number of para-hydroxylation sites is 1. The van der Waals surface area contributed by atoms with Crippen LogP contribution in [0.3, 0.4) is 0 Å². The van der Waals surface area contributed by atoms with Gasteiger partial charge in [0.2, 0.25) is 0 Å². The van der Waals surface area contributed by atoms with Crippen LogP contribution in [0.1, 0.15) is 16.1 Å². The van der Waals surface area contributed by atoms with Crippen molar-refractivity contribution < 1.29 is 9.53 Å². The molecule has 3 aromatic rings. The average molecular weight is 381 g/mol. The van der Waals surface area contributed by atoms with E-state index in [1.807, 2.05) is 30.3 Å². The predicted octanol–water partition coefficient (Wildman–Crippen LogP) is 4.09. The molecule has 2 aromatic carbocycles. The highest BCUT2D eigenvalue weighted by Crippen LogP contribution is 2.29. The number of hydrogen-bond acceptors (Lipinski definition) is 5.